The van der Waals surface area contributed by atoms with Crippen LogP contribution in [0.3, 0.4) is 0 Å². The van der Waals surface area contributed by atoms with E-state index in [1.165, 1.54) is 11.1 Å². The number of nitrogens with one attached hydrogen (secondary N) is 1. The molecule has 0 spiro atoms. The maximum absolute atomic E-state index is 11.2. The molecule has 0 unspecified atom stereocenters. The number of anilines is 1. The van der Waals surface area contributed by atoms with Crippen molar-refractivity contribution in [3.05, 3.63) is 29.3 Å². The summed E-state index contributed by atoms with van der Waals surface area (Å²) in [4.78, 5) is 12.8. The van der Waals surface area contributed by atoms with Crippen molar-refractivity contribution in [2.75, 3.05) is 11.9 Å². The topological polar surface area (TPSA) is 32.3 Å². The Morgan fingerprint density at radius 3 is 2.79 bits per heavy atom. The van der Waals surface area contributed by atoms with Crippen LogP contribution in [0.4, 0.5) is 5.69 Å². The summed E-state index contributed by atoms with van der Waals surface area (Å²) in [7, 11) is 1.80. The van der Waals surface area contributed by atoms with Crippen molar-refractivity contribution in [1.29, 1.82) is 0 Å². The van der Waals surface area contributed by atoms with Crippen LogP contribution in [0.2, 0.25) is 0 Å². The van der Waals surface area contributed by atoms with Gasteiger partial charge in [0.1, 0.15) is 0 Å². The molecule has 0 aliphatic carbocycles. The van der Waals surface area contributed by atoms with Crippen LogP contribution in [-0.4, -0.2) is 13.0 Å². The van der Waals surface area contributed by atoms with Gasteiger partial charge in [-0.15, -0.1) is 0 Å². The Bertz CT molecular complexity index is 374. The molecule has 0 fully saturated rings. The number of fused-ring (bicyclic) bond motifs is 1. The van der Waals surface area contributed by atoms with Crippen LogP contribution < -0.4 is 10.2 Å². The number of carbonyl (C=O) groups is 1. The first-order valence-corrected chi connectivity index (χ1v) is 4.75. The van der Waals surface area contributed by atoms with E-state index in [4.69, 9.17) is 0 Å². The van der Waals surface area contributed by atoms with Crippen LogP contribution >= 0.6 is 0 Å². The van der Waals surface area contributed by atoms with Gasteiger partial charge in [-0.25, -0.2) is 0 Å². The molecule has 1 aromatic carbocycles. The van der Waals surface area contributed by atoms with Gasteiger partial charge in [-0.2, -0.15) is 0 Å². The van der Waals surface area contributed by atoms with E-state index in [-0.39, 0.29) is 5.91 Å². The van der Waals surface area contributed by atoms with Crippen molar-refractivity contribution in [3.8, 4) is 0 Å². The van der Waals surface area contributed by atoms with E-state index < -0.39 is 0 Å². The lowest BCUT2D eigenvalue weighted by Gasteiger charge is -2.15. The number of carbonyl (C=O) groups excluding carboxylic acids is 1. The molecule has 1 heterocycles. The highest BCUT2D eigenvalue weighted by Crippen LogP contribution is 2.22. The highest BCUT2D eigenvalue weighted by Gasteiger charge is 2.12. The molecule has 0 atom stereocenters. The van der Waals surface area contributed by atoms with Crippen molar-refractivity contribution in [2.24, 2.45) is 0 Å². The van der Waals surface area contributed by atoms with Gasteiger partial charge in [-0.05, 0) is 23.3 Å². The summed E-state index contributed by atoms with van der Waals surface area (Å²) < 4.78 is 0. The molecule has 0 radical (unpaired) electrons. The van der Waals surface area contributed by atoms with E-state index in [1.807, 2.05) is 6.07 Å². The third-order valence-electron chi connectivity index (χ3n) is 2.68. The van der Waals surface area contributed by atoms with E-state index in [0.717, 1.165) is 18.8 Å². The molecular formula is C11H14N2O. The van der Waals surface area contributed by atoms with Gasteiger partial charge in [0.15, 0.2) is 0 Å². The lowest BCUT2D eigenvalue weighted by molar-refractivity contribution is -0.116. The minimum absolute atomic E-state index is 0.0657. The molecule has 0 bridgehead atoms. The normalized spacial score (nSPS) is 13.9. The van der Waals surface area contributed by atoms with Gasteiger partial charge in [0.25, 0.3) is 0 Å². The van der Waals surface area contributed by atoms with Gasteiger partial charge in [-0.3, -0.25) is 4.79 Å². The van der Waals surface area contributed by atoms with Crippen LogP contribution in [0.5, 0.6) is 0 Å². The second-order valence-corrected chi connectivity index (χ2v) is 3.63. The van der Waals surface area contributed by atoms with Crippen molar-refractivity contribution >= 4 is 11.6 Å². The average molecular weight is 190 g/mol. The highest BCUT2D eigenvalue weighted by molar-refractivity contribution is 5.90. The summed E-state index contributed by atoms with van der Waals surface area (Å²) in [5, 5.41) is 3.28. The second kappa shape index (κ2) is 3.42. The van der Waals surface area contributed by atoms with E-state index in [0.29, 0.717) is 0 Å². The number of hydrogen-bond donors (Lipinski definition) is 1. The average Bonchev–Trinajstić information content (AvgIpc) is 2.62. The lowest BCUT2D eigenvalue weighted by Crippen LogP contribution is -2.22. The zero-order valence-corrected chi connectivity index (χ0v) is 8.50. The lowest BCUT2D eigenvalue weighted by atomic mass is 10.1. The third kappa shape index (κ3) is 1.51. The Balaban J connectivity index is 2.33. The minimum Gasteiger partial charge on any atom is -0.316 e. The first-order valence-electron chi connectivity index (χ1n) is 4.75. The fourth-order valence-electron chi connectivity index (χ4n) is 1.67. The van der Waals surface area contributed by atoms with Crippen LogP contribution in [0, 0.1) is 0 Å². The zero-order chi connectivity index (χ0) is 10.1. The molecule has 0 saturated carbocycles. The Labute approximate surface area is 83.7 Å². The molecule has 3 heteroatoms. The molecule has 2 rings (SSSR count). The number of benzene rings is 1. The molecule has 0 aromatic heterocycles. The molecule has 1 aliphatic rings. The Hall–Kier alpha value is -1.35. The minimum atomic E-state index is 0.0657. The number of amides is 1. The van der Waals surface area contributed by atoms with Gasteiger partial charge >= 0.3 is 0 Å². The molecule has 1 N–H and O–H groups in total. The van der Waals surface area contributed by atoms with E-state index >= 15 is 0 Å². The molecule has 1 aliphatic heterocycles. The van der Waals surface area contributed by atoms with Gasteiger partial charge in [0.2, 0.25) is 5.91 Å². The molecule has 0 saturated heterocycles. The van der Waals surface area contributed by atoms with Gasteiger partial charge in [0, 0.05) is 32.7 Å². The molecule has 1 amide bonds. The number of hydrogen-bond acceptors (Lipinski definition) is 2. The fourth-order valence-corrected chi connectivity index (χ4v) is 1.67. The van der Waals surface area contributed by atoms with Gasteiger partial charge < -0.3 is 10.2 Å². The second-order valence-electron chi connectivity index (χ2n) is 3.63. The molecule has 74 valence electrons. The van der Waals surface area contributed by atoms with E-state index in [2.05, 4.69) is 17.4 Å². The van der Waals surface area contributed by atoms with Gasteiger partial charge in [0.05, 0.1) is 0 Å². The van der Waals surface area contributed by atoms with Crippen LogP contribution in [-0.2, 0) is 17.9 Å². The van der Waals surface area contributed by atoms with Crippen molar-refractivity contribution in [3.63, 3.8) is 0 Å². The van der Waals surface area contributed by atoms with Crippen molar-refractivity contribution in [2.45, 2.75) is 20.0 Å². The largest absolute Gasteiger partial charge is 0.316 e. The molecule has 14 heavy (non-hydrogen) atoms. The van der Waals surface area contributed by atoms with Crippen molar-refractivity contribution < 1.29 is 4.79 Å². The quantitative estimate of drug-likeness (QED) is 0.723. The number of nitrogens with zero attached hydrogens (tertiary/aromatic N) is 1. The Morgan fingerprint density at radius 2 is 2.07 bits per heavy atom. The van der Waals surface area contributed by atoms with E-state index in [1.54, 1.807) is 18.9 Å². The molecule has 1 aromatic rings. The summed E-state index contributed by atoms with van der Waals surface area (Å²) in [6.07, 6.45) is 0. The highest BCUT2D eigenvalue weighted by atomic mass is 16.2. The first-order chi connectivity index (χ1) is 6.68. The van der Waals surface area contributed by atoms with Crippen molar-refractivity contribution in [1.82, 2.24) is 5.32 Å². The standard InChI is InChI=1S/C11H14N2O/c1-8(14)13(2)11-4-3-9-6-12-7-10(9)5-11/h3-5,12H,6-7H2,1-2H3. The van der Waals surface area contributed by atoms with Crippen LogP contribution in [0.1, 0.15) is 18.1 Å². The molecule has 3 nitrogen and oxygen atoms in total. The van der Waals surface area contributed by atoms with E-state index in [9.17, 15) is 4.79 Å². The van der Waals surface area contributed by atoms with Crippen LogP contribution in [0.25, 0.3) is 0 Å². The monoisotopic (exact) mass is 190 g/mol. The van der Waals surface area contributed by atoms with Gasteiger partial charge in [-0.1, -0.05) is 6.07 Å². The zero-order valence-electron chi connectivity index (χ0n) is 8.50. The smallest absolute Gasteiger partial charge is 0.223 e. The van der Waals surface area contributed by atoms with Crippen LogP contribution in [0.15, 0.2) is 18.2 Å². The predicted molar refractivity (Wildman–Crippen MR) is 56.1 cm³/mol. The Kier molecular flexibility index (Phi) is 2.25. The molecular weight excluding hydrogens is 176 g/mol. The summed E-state index contributed by atoms with van der Waals surface area (Å²) >= 11 is 0. The number of rotatable bonds is 1. The summed E-state index contributed by atoms with van der Waals surface area (Å²) in [6.45, 7) is 3.43. The fraction of sp³-hybridized carbons (Fsp3) is 0.364. The first kappa shape index (κ1) is 9.21. The third-order valence-corrected chi connectivity index (χ3v) is 2.68. The summed E-state index contributed by atoms with van der Waals surface area (Å²) in [6, 6.07) is 6.16. The predicted octanol–water partition coefficient (Wildman–Crippen LogP) is 1.27. The SMILES string of the molecule is CC(=O)N(C)c1ccc2c(c1)CNC2. The maximum Gasteiger partial charge on any atom is 0.223 e. The Morgan fingerprint density at radius 1 is 1.36 bits per heavy atom. The summed E-state index contributed by atoms with van der Waals surface area (Å²) in [5.74, 6) is 0.0657. The maximum atomic E-state index is 11.2. The summed E-state index contributed by atoms with van der Waals surface area (Å²) in [5.41, 5.74) is 3.61.